The molecule has 0 amide bonds. The molecule has 0 saturated heterocycles. The molecule has 150 valence electrons. The molecule has 2 aliphatic rings. The molecule has 0 atom stereocenters. The summed E-state index contributed by atoms with van der Waals surface area (Å²) in [6, 6.07) is 12.5. The summed E-state index contributed by atoms with van der Waals surface area (Å²) >= 11 is 0. The molecular weight excluding hydrogens is 376 g/mol. The largest absolute Gasteiger partial charge is 0.481 e. The summed E-state index contributed by atoms with van der Waals surface area (Å²) in [5.41, 5.74) is 11.8. The van der Waals surface area contributed by atoms with Crippen molar-refractivity contribution in [2.75, 3.05) is 12.8 Å². The molecule has 3 aromatic rings. The van der Waals surface area contributed by atoms with Crippen LogP contribution in [0.1, 0.15) is 36.8 Å². The van der Waals surface area contributed by atoms with Crippen molar-refractivity contribution in [2.45, 2.75) is 31.1 Å². The Morgan fingerprint density at radius 3 is 2.37 bits per heavy atom. The highest BCUT2D eigenvalue weighted by Gasteiger charge is 2.45. The predicted octanol–water partition coefficient (Wildman–Crippen LogP) is 3.80. The number of ether oxygens (including phenoxy) is 1. The fourth-order valence-electron chi connectivity index (χ4n) is 4.28. The van der Waals surface area contributed by atoms with E-state index in [1.54, 1.807) is 25.7 Å². The first kappa shape index (κ1) is 18.4. The van der Waals surface area contributed by atoms with E-state index in [4.69, 9.17) is 10.5 Å². The van der Waals surface area contributed by atoms with E-state index in [-0.39, 0.29) is 11.4 Å². The molecule has 3 heterocycles. The molecule has 0 spiro atoms. The Balaban J connectivity index is 1.39. The molecule has 7 heteroatoms. The van der Waals surface area contributed by atoms with Gasteiger partial charge in [-0.2, -0.15) is 10.2 Å². The molecule has 1 aliphatic carbocycles. The Kier molecular flexibility index (Phi) is 4.50. The van der Waals surface area contributed by atoms with E-state index in [2.05, 4.69) is 49.4 Å². The van der Waals surface area contributed by atoms with Gasteiger partial charge in [-0.3, -0.25) is 0 Å². The van der Waals surface area contributed by atoms with Crippen LogP contribution in [0.5, 0.6) is 5.88 Å². The third-order valence-electron chi connectivity index (χ3n) is 6.10. The van der Waals surface area contributed by atoms with Crippen LogP contribution in [-0.2, 0) is 5.41 Å². The summed E-state index contributed by atoms with van der Waals surface area (Å²) in [6.45, 7) is 0. The highest BCUT2D eigenvalue weighted by atomic mass is 16.5. The zero-order chi connectivity index (χ0) is 20.6. The van der Waals surface area contributed by atoms with E-state index < -0.39 is 0 Å². The maximum atomic E-state index is 5.59. The van der Waals surface area contributed by atoms with Gasteiger partial charge in [0.2, 0.25) is 11.8 Å². The van der Waals surface area contributed by atoms with Crippen molar-refractivity contribution in [2.24, 2.45) is 10.2 Å². The number of pyridine rings is 1. The number of anilines is 1. The maximum Gasteiger partial charge on any atom is 0.222 e. The zero-order valence-corrected chi connectivity index (χ0v) is 16.7. The lowest BCUT2D eigenvalue weighted by Gasteiger charge is -2.42. The first-order valence-corrected chi connectivity index (χ1v) is 10.0. The van der Waals surface area contributed by atoms with Gasteiger partial charge in [-0.15, -0.1) is 0 Å². The van der Waals surface area contributed by atoms with Crippen molar-refractivity contribution in [1.82, 2.24) is 15.0 Å². The van der Waals surface area contributed by atoms with E-state index in [0.717, 1.165) is 47.4 Å². The van der Waals surface area contributed by atoms with Crippen molar-refractivity contribution < 1.29 is 4.74 Å². The molecule has 0 radical (unpaired) electrons. The van der Waals surface area contributed by atoms with Crippen molar-refractivity contribution in [3.05, 3.63) is 66.1 Å². The molecule has 0 bridgehead atoms. The molecule has 2 aromatic heterocycles. The van der Waals surface area contributed by atoms with Gasteiger partial charge in [-0.05, 0) is 36.1 Å². The molecule has 1 aliphatic heterocycles. The third-order valence-corrected chi connectivity index (χ3v) is 6.10. The van der Waals surface area contributed by atoms with E-state index in [9.17, 15) is 0 Å². The Bertz CT molecular complexity index is 1130. The van der Waals surface area contributed by atoms with Crippen LogP contribution in [0.25, 0.3) is 11.1 Å². The smallest absolute Gasteiger partial charge is 0.222 e. The van der Waals surface area contributed by atoms with Crippen molar-refractivity contribution in [3.8, 4) is 17.0 Å². The lowest BCUT2D eigenvalue weighted by atomic mass is 9.60. The molecular formula is C23H22N6O. The molecule has 0 unspecified atom stereocenters. The number of rotatable bonds is 5. The van der Waals surface area contributed by atoms with Crippen LogP contribution in [0, 0.1) is 0 Å². The number of aromatic nitrogens is 3. The fourth-order valence-corrected chi connectivity index (χ4v) is 4.28. The Labute approximate surface area is 174 Å². The van der Waals surface area contributed by atoms with Gasteiger partial charge in [-0.1, -0.05) is 30.7 Å². The van der Waals surface area contributed by atoms with Gasteiger partial charge in [0.05, 0.1) is 24.1 Å². The topological polar surface area (TPSA) is 98.6 Å². The van der Waals surface area contributed by atoms with Crippen LogP contribution >= 0.6 is 0 Å². The molecule has 2 N–H and O–H groups in total. The highest BCUT2D eigenvalue weighted by molar-refractivity contribution is 6.18. The minimum absolute atomic E-state index is 0.0448. The lowest BCUT2D eigenvalue weighted by Crippen LogP contribution is -2.42. The Morgan fingerprint density at radius 1 is 0.933 bits per heavy atom. The second kappa shape index (κ2) is 7.33. The number of hydrogen-bond acceptors (Lipinski definition) is 7. The average molecular weight is 398 g/mol. The number of nitrogens with zero attached hydrogens (tertiary/aromatic N) is 5. The first-order chi connectivity index (χ1) is 14.7. The third kappa shape index (κ3) is 3.03. The highest BCUT2D eigenvalue weighted by Crippen LogP contribution is 2.47. The predicted molar refractivity (Wildman–Crippen MR) is 117 cm³/mol. The van der Waals surface area contributed by atoms with Gasteiger partial charge < -0.3 is 10.5 Å². The van der Waals surface area contributed by atoms with E-state index in [1.807, 2.05) is 12.1 Å². The summed E-state index contributed by atoms with van der Waals surface area (Å²) in [5, 5.41) is 9.12. The first-order valence-electron chi connectivity index (χ1n) is 10.0. The molecule has 1 fully saturated rings. The minimum atomic E-state index is -0.0448. The lowest BCUT2D eigenvalue weighted by molar-refractivity contribution is 0.338. The number of nitrogens with two attached hydrogens (primary N) is 1. The standard InChI is InChI=1S/C23H22N6O/c1-30-21-18(4-2-11-25-21)19-12-20(29-28-19)23(9-3-10-23)17-7-5-15(6-8-17)16-13-26-22(24)27-14-16/h2,4-8,11,13-14H,3,9-10,12H2,1H3,(H2,24,26,27). The summed E-state index contributed by atoms with van der Waals surface area (Å²) in [6.07, 6.45) is 9.30. The van der Waals surface area contributed by atoms with Gasteiger partial charge >= 0.3 is 0 Å². The van der Waals surface area contributed by atoms with Crippen LogP contribution < -0.4 is 10.5 Å². The average Bonchev–Trinajstić information content (AvgIpc) is 3.24. The van der Waals surface area contributed by atoms with Gasteiger partial charge in [0.1, 0.15) is 0 Å². The van der Waals surface area contributed by atoms with Crippen LogP contribution in [0.4, 0.5) is 5.95 Å². The van der Waals surface area contributed by atoms with Crippen LogP contribution in [0.3, 0.4) is 0 Å². The van der Waals surface area contributed by atoms with E-state index in [1.165, 1.54) is 12.0 Å². The molecule has 1 aromatic carbocycles. The summed E-state index contributed by atoms with van der Waals surface area (Å²) in [5.74, 6) is 0.870. The summed E-state index contributed by atoms with van der Waals surface area (Å²) in [4.78, 5) is 12.5. The van der Waals surface area contributed by atoms with E-state index in [0.29, 0.717) is 5.88 Å². The number of hydrogen-bond donors (Lipinski definition) is 1. The second-order valence-corrected chi connectivity index (χ2v) is 7.67. The summed E-state index contributed by atoms with van der Waals surface area (Å²) in [7, 11) is 1.63. The Morgan fingerprint density at radius 2 is 1.70 bits per heavy atom. The fraction of sp³-hybridized carbons (Fsp3) is 0.261. The SMILES string of the molecule is COc1ncccc1C1=NN=C(C2(c3ccc(-c4cnc(N)nc4)cc3)CCC2)C1. The number of methoxy groups -OCH3 is 1. The Hall–Kier alpha value is -3.61. The van der Waals surface area contributed by atoms with Crippen LogP contribution in [0.2, 0.25) is 0 Å². The van der Waals surface area contributed by atoms with E-state index >= 15 is 0 Å². The number of benzene rings is 1. The van der Waals surface area contributed by atoms with Gasteiger partial charge in [0, 0.05) is 36.0 Å². The van der Waals surface area contributed by atoms with Gasteiger partial charge in [-0.25, -0.2) is 15.0 Å². The maximum absolute atomic E-state index is 5.59. The van der Waals surface area contributed by atoms with Gasteiger partial charge in [0.15, 0.2) is 0 Å². The molecule has 7 nitrogen and oxygen atoms in total. The monoisotopic (exact) mass is 398 g/mol. The second-order valence-electron chi connectivity index (χ2n) is 7.67. The number of nitrogen functional groups attached to an aromatic ring is 1. The van der Waals surface area contributed by atoms with Crippen molar-refractivity contribution >= 4 is 17.4 Å². The normalized spacial score (nSPS) is 17.1. The molecule has 5 rings (SSSR count). The van der Waals surface area contributed by atoms with Crippen LogP contribution in [0.15, 0.2) is 65.2 Å². The van der Waals surface area contributed by atoms with Crippen LogP contribution in [-0.4, -0.2) is 33.5 Å². The molecule has 1 saturated carbocycles. The minimum Gasteiger partial charge on any atom is -0.481 e. The van der Waals surface area contributed by atoms with Crippen molar-refractivity contribution in [1.29, 1.82) is 0 Å². The quantitative estimate of drug-likeness (QED) is 0.705. The summed E-state index contributed by atoms with van der Waals surface area (Å²) < 4.78 is 5.41. The van der Waals surface area contributed by atoms with Crippen molar-refractivity contribution in [3.63, 3.8) is 0 Å². The zero-order valence-electron chi connectivity index (χ0n) is 16.7. The molecule has 30 heavy (non-hydrogen) atoms. The van der Waals surface area contributed by atoms with Gasteiger partial charge in [0.25, 0.3) is 0 Å².